The van der Waals surface area contributed by atoms with Crippen molar-refractivity contribution in [1.82, 2.24) is 0 Å². The summed E-state index contributed by atoms with van der Waals surface area (Å²) in [6.07, 6.45) is 1.96. The fraction of sp³-hybridized carbons (Fsp3) is 0.379. The smallest absolute Gasteiger partial charge is 0.0898 e. The predicted octanol–water partition coefficient (Wildman–Crippen LogP) is 9.02. The van der Waals surface area contributed by atoms with E-state index in [0.29, 0.717) is 0 Å². The van der Waals surface area contributed by atoms with E-state index in [2.05, 4.69) is 90.0 Å². The molecule has 0 radical (unpaired) electrons. The van der Waals surface area contributed by atoms with Crippen molar-refractivity contribution in [3.63, 3.8) is 0 Å². The first-order chi connectivity index (χ1) is 14.6. The number of hydrogen-bond acceptors (Lipinski definition) is 2. The molecule has 0 aliphatic heterocycles. The molecule has 3 aromatic rings. The molecule has 3 rings (SSSR count). The molecule has 162 valence electrons. The molecule has 0 fully saturated rings. The predicted molar refractivity (Wildman–Crippen MR) is 133 cm³/mol. The van der Waals surface area contributed by atoms with Crippen molar-refractivity contribution in [2.45, 2.75) is 66.7 Å². The molecule has 0 bridgehead atoms. The molecule has 31 heavy (non-hydrogen) atoms. The summed E-state index contributed by atoms with van der Waals surface area (Å²) in [5, 5.41) is 9.34. The zero-order valence-electron chi connectivity index (χ0n) is 20.2. The lowest BCUT2D eigenvalue weighted by atomic mass is 9.70. The summed E-state index contributed by atoms with van der Waals surface area (Å²) in [4.78, 5) is 0. The van der Waals surface area contributed by atoms with Gasteiger partial charge in [-0.15, -0.1) is 0 Å². The van der Waals surface area contributed by atoms with E-state index in [1.807, 2.05) is 30.3 Å². The fourth-order valence-corrected chi connectivity index (χ4v) is 4.80. The molecule has 0 amide bonds. The monoisotopic (exact) mass is 412 g/mol. The maximum atomic E-state index is 4.77. The Balaban J connectivity index is 2.13. The average Bonchev–Trinajstić information content (AvgIpc) is 2.70. The van der Waals surface area contributed by atoms with Gasteiger partial charge in [-0.1, -0.05) is 83.1 Å². The minimum absolute atomic E-state index is 0.0510. The summed E-state index contributed by atoms with van der Waals surface area (Å²) in [6, 6.07) is 22.9. The first-order valence-electron chi connectivity index (χ1n) is 11.2. The number of nitrogens with zero attached hydrogens (tertiary/aromatic N) is 2. The summed E-state index contributed by atoms with van der Waals surface area (Å²) in [5.41, 5.74) is 8.78. The van der Waals surface area contributed by atoms with Gasteiger partial charge in [0, 0.05) is 0 Å². The Hall–Kier alpha value is -2.74. The van der Waals surface area contributed by atoms with E-state index >= 15 is 0 Å². The molecule has 0 saturated heterocycles. The van der Waals surface area contributed by atoms with Gasteiger partial charge in [-0.25, -0.2) is 0 Å². The summed E-state index contributed by atoms with van der Waals surface area (Å²) in [6.45, 7) is 16.2. The maximum absolute atomic E-state index is 4.77. The van der Waals surface area contributed by atoms with Crippen LogP contribution in [-0.2, 0) is 11.8 Å². The van der Waals surface area contributed by atoms with Gasteiger partial charge in [0.2, 0.25) is 0 Å². The normalized spacial score (nSPS) is 12.5. The van der Waals surface area contributed by atoms with Crippen LogP contribution in [0.5, 0.6) is 0 Å². The lowest BCUT2D eigenvalue weighted by molar-refractivity contribution is 0.283. The van der Waals surface area contributed by atoms with Gasteiger partial charge in [0.1, 0.15) is 0 Å². The Morgan fingerprint density at radius 1 is 0.710 bits per heavy atom. The Morgan fingerprint density at radius 2 is 1.29 bits per heavy atom. The number of hydrogen-bond donors (Lipinski definition) is 0. The second-order valence-electron chi connectivity index (χ2n) is 10.5. The van der Waals surface area contributed by atoms with Crippen molar-refractivity contribution in [2.24, 2.45) is 15.6 Å². The molecule has 3 aromatic carbocycles. The van der Waals surface area contributed by atoms with Crippen LogP contribution < -0.4 is 0 Å². The standard InChI is InChI=1S/C29H36N2/c1-21-22(2)26(29(6,7)20-28(3,4)5)19-27(31-30-24-16-12-9-13-17-24)25(21)18-23-14-10-8-11-15-23/h8-17,19H,18,20H2,1-7H3. The third-order valence-electron chi connectivity index (χ3n) is 5.96. The number of benzene rings is 3. The van der Waals surface area contributed by atoms with E-state index in [-0.39, 0.29) is 10.8 Å². The maximum Gasteiger partial charge on any atom is 0.0898 e. The first kappa shape index (κ1) is 22.9. The fourth-order valence-electron chi connectivity index (χ4n) is 4.80. The Kier molecular flexibility index (Phi) is 6.79. The topological polar surface area (TPSA) is 24.7 Å². The Labute approximate surface area is 188 Å². The van der Waals surface area contributed by atoms with Crippen LogP contribution >= 0.6 is 0 Å². The molecule has 0 aliphatic rings. The van der Waals surface area contributed by atoms with Crippen molar-refractivity contribution in [1.29, 1.82) is 0 Å². The molecule has 0 unspecified atom stereocenters. The zero-order chi connectivity index (χ0) is 22.6. The van der Waals surface area contributed by atoms with E-state index in [1.165, 1.54) is 27.8 Å². The van der Waals surface area contributed by atoms with Crippen molar-refractivity contribution in [3.8, 4) is 0 Å². The molecular weight excluding hydrogens is 376 g/mol. The molecule has 0 heterocycles. The van der Waals surface area contributed by atoms with Crippen molar-refractivity contribution in [3.05, 3.63) is 94.5 Å². The first-order valence-corrected chi connectivity index (χ1v) is 11.2. The van der Waals surface area contributed by atoms with Crippen LogP contribution in [-0.4, -0.2) is 0 Å². The highest BCUT2D eigenvalue weighted by Gasteiger charge is 2.30. The molecule has 0 N–H and O–H groups in total. The van der Waals surface area contributed by atoms with Crippen LogP contribution in [0.4, 0.5) is 11.4 Å². The Bertz CT molecular complexity index is 1040. The third kappa shape index (κ3) is 5.91. The lowest BCUT2D eigenvalue weighted by Crippen LogP contribution is -2.26. The molecule has 2 heteroatoms. The van der Waals surface area contributed by atoms with Crippen molar-refractivity contribution < 1.29 is 0 Å². The molecule has 0 atom stereocenters. The van der Waals surface area contributed by atoms with Gasteiger partial charge in [0.15, 0.2) is 0 Å². The highest BCUT2D eigenvalue weighted by atomic mass is 15.1. The Morgan fingerprint density at radius 3 is 1.87 bits per heavy atom. The summed E-state index contributed by atoms with van der Waals surface area (Å²) in [7, 11) is 0. The van der Waals surface area contributed by atoms with Gasteiger partial charge in [0.25, 0.3) is 0 Å². The van der Waals surface area contributed by atoms with Crippen LogP contribution in [0, 0.1) is 19.3 Å². The zero-order valence-corrected chi connectivity index (χ0v) is 20.2. The molecular formula is C29H36N2. The van der Waals surface area contributed by atoms with Crippen molar-refractivity contribution in [2.75, 3.05) is 0 Å². The van der Waals surface area contributed by atoms with Crippen molar-refractivity contribution >= 4 is 11.4 Å². The van der Waals surface area contributed by atoms with Gasteiger partial charge in [-0.3, -0.25) is 0 Å². The second-order valence-corrected chi connectivity index (χ2v) is 10.5. The van der Waals surface area contributed by atoms with Crippen LogP contribution in [0.25, 0.3) is 0 Å². The molecule has 0 aliphatic carbocycles. The molecule has 0 saturated carbocycles. The van der Waals surface area contributed by atoms with Gasteiger partial charge >= 0.3 is 0 Å². The van der Waals surface area contributed by atoms with E-state index < -0.39 is 0 Å². The van der Waals surface area contributed by atoms with E-state index in [4.69, 9.17) is 5.11 Å². The average molecular weight is 413 g/mol. The molecule has 2 nitrogen and oxygen atoms in total. The van der Waals surface area contributed by atoms with E-state index in [0.717, 1.165) is 24.2 Å². The number of rotatable bonds is 6. The van der Waals surface area contributed by atoms with Crippen LogP contribution in [0.2, 0.25) is 0 Å². The number of azo groups is 1. The SMILES string of the molecule is Cc1c(C(C)(C)CC(C)(C)C)cc(N=Nc2ccccc2)c(Cc2ccccc2)c1C. The summed E-state index contributed by atoms with van der Waals surface area (Å²) >= 11 is 0. The lowest BCUT2D eigenvalue weighted by Gasteiger charge is -2.35. The largest absolute Gasteiger partial charge is 0.151 e. The second kappa shape index (κ2) is 9.18. The minimum atomic E-state index is 0.0510. The van der Waals surface area contributed by atoms with Gasteiger partial charge in [0.05, 0.1) is 11.4 Å². The van der Waals surface area contributed by atoms with Crippen LogP contribution in [0.3, 0.4) is 0 Å². The van der Waals surface area contributed by atoms with Gasteiger partial charge < -0.3 is 0 Å². The minimum Gasteiger partial charge on any atom is -0.151 e. The summed E-state index contributed by atoms with van der Waals surface area (Å²) < 4.78 is 0. The van der Waals surface area contributed by atoms with Gasteiger partial charge in [-0.05, 0) is 83.5 Å². The quantitative estimate of drug-likeness (QED) is 0.361. The summed E-state index contributed by atoms with van der Waals surface area (Å²) in [5.74, 6) is 0. The van der Waals surface area contributed by atoms with Crippen LogP contribution in [0.15, 0.2) is 77.0 Å². The van der Waals surface area contributed by atoms with Gasteiger partial charge in [-0.2, -0.15) is 10.2 Å². The van der Waals surface area contributed by atoms with E-state index in [9.17, 15) is 0 Å². The highest BCUT2D eigenvalue weighted by Crippen LogP contribution is 2.42. The molecule has 0 spiro atoms. The van der Waals surface area contributed by atoms with E-state index in [1.54, 1.807) is 0 Å². The third-order valence-corrected chi connectivity index (χ3v) is 5.96. The van der Waals surface area contributed by atoms with Crippen LogP contribution in [0.1, 0.15) is 68.9 Å². The highest BCUT2D eigenvalue weighted by molar-refractivity contribution is 5.59. The molecule has 0 aromatic heterocycles.